The molecule has 10 heteroatoms. The van der Waals surface area contributed by atoms with E-state index in [1.54, 1.807) is 24.3 Å². The van der Waals surface area contributed by atoms with E-state index in [4.69, 9.17) is 0 Å². The highest BCUT2D eigenvalue weighted by atomic mass is 19.4. The SMILES string of the molecule is FC(F)(F)Oc1ccc(CN2C(CN3CCCC3)CC2c2ccc(OC(F)(F)F)cc2)cc1. The maximum absolute atomic E-state index is 12.4. The number of nitrogens with zero attached hydrogens (tertiary/aromatic N) is 2. The fraction of sp³-hybridized carbons (Fsp3) is 0.478. The Morgan fingerprint density at radius 2 is 1.27 bits per heavy atom. The van der Waals surface area contributed by atoms with Gasteiger partial charge in [0.15, 0.2) is 0 Å². The lowest BCUT2D eigenvalue weighted by Crippen LogP contribution is -2.54. The van der Waals surface area contributed by atoms with Gasteiger partial charge in [-0.2, -0.15) is 0 Å². The van der Waals surface area contributed by atoms with Crippen molar-refractivity contribution < 1.29 is 35.8 Å². The number of halogens is 6. The molecule has 33 heavy (non-hydrogen) atoms. The first-order valence-corrected chi connectivity index (χ1v) is 10.7. The van der Waals surface area contributed by atoms with E-state index in [1.165, 1.54) is 24.3 Å². The largest absolute Gasteiger partial charge is 0.573 e. The van der Waals surface area contributed by atoms with E-state index in [2.05, 4.69) is 19.3 Å². The fourth-order valence-electron chi connectivity index (χ4n) is 4.55. The van der Waals surface area contributed by atoms with Crippen molar-refractivity contribution in [2.45, 2.75) is 50.6 Å². The number of hydrogen-bond acceptors (Lipinski definition) is 4. The Morgan fingerprint density at radius 1 is 0.758 bits per heavy atom. The van der Waals surface area contributed by atoms with Crippen LogP contribution in [0.25, 0.3) is 0 Å². The van der Waals surface area contributed by atoms with Gasteiger partial charge in [0.05, 0.1) is 0 Å². The van der Waals surface area contributed by atoms with Gasteiger partial charge in [0.25, 0.3) is 0 Å². The number of likely N-dealkylation sites (tertiary alicyclic amines) is 2. The Morgan fingerprint density at radius 3 is 1.79 bits per heavy atom. The Balaban J connectivity index is 1.46. The molecule has 2 unspecified atom stereocenters. The first-order chi connectivity index (χ1) is 15.6. The molecule has 0 bridgehead atoms. The smallest absolute Gasteiger partial charge is 0.406 e. The van der Waals surface area contributed by atoms with Crippen LogP contribution in [0.4, 0.5) is 26.3 Å². The average molecular weight is 474 g/mol. The standard InChI is InChI=1S/C23H24F6N2O2/c24-22(25,26)32-19-7-3-16(4-8-19)14-31-18(15-30-11-1-2-12-30)13-21(31)17-5-9-20(10-6-17)33-23(27,28)29/h3-10,18,21H,1-2,11-15H2. The van der Waals surface area contributed by atoms with Crippen molar-refractivity contribution in [1.82, 2.24) is 9.80 Å². The van der Waals surface area contributed by atoms with Crippen molar-refractivity contribution in [3.63, 3.8) is 0 Å². The molecule has 2 heterocycles. The van der Waals surface area contributed by atoms with Crippen molar-refractivity contribution >= 4 is 0 Å². The quantitative estimate of drug-likeness (QED) is 0.467. The molecule has 2 atom stereocenters. The van der Waals surface area contributed by atoms with E-state index in [1.807, 2.05) is 0 Å². The molecule has 0 radical (unpaired) electrons. The molecule has 4 nitrogen and oxygen atoms in total. The molecular formula is C23H24F6N2O2. The second kappa shape index (κ2) is 9.42. The predicted octanol–water partition coefficient (Wildman–Crippen LogP) is 5.90. The number of rotatable bonds is 7. The maximum Gasteiger partial charge on any atom is 0.573 e. The monoisotopic (exact) mass is 474 g/mol. The third-order valence-electron chi connectivity index (χ3n) is 6.05. The van der Waals surface area contributed by atoms with Crippen LogP contribution >= 0.6 is 0 Å². The lowest BCUT2D eigenvalue weighted by Gasteiger charge is -2.50. The van der Waals surface area contributed by atoms with Gasteiger partial charge in [0, 0.05) is 25.2 Å². The minimum absolute atomic E-state index is 0.00337. The molecule has 2 aromatic carbocycles. The van der Waals surface area contributed by atoms with Crippen LogP contribution in [0.3, 0.4) is 0 Å². The van der Waals surface area contributed by atoms with Crippen molar-refractivity contribution in [1.29, 1.82) is 0 Å². The van der Waals surface area contributed by atoms with Crippen molar-refractivity contribution in [2.75, 3.05) is 19.6 Å². The van der Waals surface area contributed by atoms with Crippen molar-refractivity contribution in [3.05, 3.63) is 59.7 Å². The van der Waals surface area contributed by atoms with Gasteiger partial charge >= 0.3 is 12.7 Å². The molecule has 0 aromatic heterocycles. The van der Waals surface area contributed by atoms with Crippen LogP contribution in [0.1, 0.15) is 36.4 Å². The summed E-state index contributed by atoms with van der Waals surface area (Å²) in [7, 11) is 0. The lowest BCUT2D eigenvalue weighted by atomic mass is 9.86. The molecule has 2 saturated heterocycles. The molecule has 0 aliphatic carbocycles. The lowest BCUT2D eigenvalue weighted by molar-refractivity contribution is -0.275. The van der Waals surface area contributed by atoms with Gasteiger partial charge < -0.3 is 14.4 Å². The summed E-state index contributed by atoms with van der Waals surface area (Å²) in [4.78, 5) is 4.64. The van der Waals surface area contributed by atoms with Crippen LogP contribution in [0.5, 0.6) is 11.5 Å². The van der Waals surface area contributed by atoms with E-state index < -0.39 is 12.7 Å². The van der Waals surface area contributed by atoms with Crippen LogP contribution in [-0.2, 0) is 6.54 Å². The highest BCUT2D eigenvalue weighted by Crippen LogP contribution is 2.41. The zero-order valence-corrected chi connectivity index (χ0v) is 17.7. The first kappa shape index (κ1) is 23.7. The maximum atomic E-state index is 12.4. The minimum atomic E-state index is -4.74. The molecule has 2 fully saturated rings. The third-order valence-corrected chi connectivity index (χ3v) is 6.05. The second-order valence-corrected chi connectivity index (χ2v) is 8.39. The molecule has 0 spiro atoms. The zero-order chi connectivity index (χ0) is 23.6. The predicted molar refractivity (Wildman–Crippen MR) is 109 cm³/mol. The Labute approximate surface area is 187 Å². The van der Waals surface area contributed by atoms with Crippen LogP contribution in [0, 0.1) is 0 Å². The molecule has 0 N–H and O–H groups in total. The topological polar surface area (TPSA) is 24.9 Å². The van der Waals surface area contributed by atoms with E-state index >= 15 is 0 Å². The van der Waals surface area contributed by atoms with Gasteiger partial charge in [0.1, 0.15) is 11.5 Å². The van der Waals surface area contributed by atoms with Gasteiger partial charge in [-0.05, 0) is 67.7 Å². The van der Waals surface area contributed by atoms with Crippen molar-refractivity contribution in [2.24, 2.45) is 0 Å². The summed E-state index contributed by atoms with van der Waals surface area (Å²) in [5.74, 6) is -0.550. The van der Waals surface area contributed by atoms with Crippen LogP contribution < -0.4 is 9.47 Å². The van der Waals surface area contributed by atoms with Gasteiger partial charge in [-0.1, -0.05) is 24.3 Å². The van der Waals surface area contributed by atoms with E-state index in [0.29, 0.717) is 6.54 Å². The van der Waals surface area contributed by atoms with Gasteiger partial charge in [-0.15, -0.1) is 26.3 Å². The molecule has 2 aliphatic rings. The molecule has 2 aliphatic heterocycles. The number of ether oxygens (including phenoxy) is 2. The van der Waals surface area contributed by atoms with Crippen LogP contribution in [0.2, 0.25) is 0 Å². The van der Waals surface area contributed by atoms with Gasteiger partial charge in [0.2, 0.25) is 0 Å². The number of alkyl halides is 6. The van der Waals surface area contributed by atoms with Crippen LogP contribution in [-0.4, -0.2) is 48.2 Å². The second-order valence-electron chi connectivity index (χ2n) is 8.39. The average Bonchev–Trinajstić information content (AvgIpc) is 3.22. The summed E-state index contributed by atoms with van der Waals surface area (Å²) in [5, 5.41) is 0. The summed E-state index contributed by atoms with van der Waals surface area (Å²) in [6, 6.07) is 11.9. The third kappa shape index (κ3) is 6.54. The molecule has 4 rings (SSSR count). The highest BCUT2D eigenvalue weighted by molar-refractivity contribution is 5.32. The summed E-state index contributed by atoms with van der Waals surface area (Å²) < 4.78 is 82.4. The molecule has 0 saturated carbocycles. The summed E-state index contributed by atoms with van der Waals surface area (Å²) in [6.07, 6.45) is -6.31. The Kier molecular flexibility index (Phi) is 6.76. The summed E-state index contributed by atoms with van der Waals surface area (Å²) in [6.45, 7) is 3.49. The summed E-state index contributed by atoms with van der Waals surface area (Å²) in [5.41, 5.74) is 1.71. The fourth-order valence-corrected chi connectivity index (χ4v) is 4.55. The molecular weight excluding hydrogens is 450 g/mol. The Bertz CT molecular complexity index is 909. The number of hydrogen-bond donors (Lipinski definition) is 0. The normalized spacial score (nSPS) is 22.2. The highest BCUT2D eigenvalue weighted by Gasteiger charge is 2.40. The van der Waals surface area contributed by atoms with Gasteiger partial charge in [-0.3, -0.25) is 4.90 Å². The minimum Gasteiger partial charge on any atom is -0.406 e. The van der Waals surface area contributed by atoms with Crippen molar-refractivity contribution in [3.8, 4) is 11.5 Å². The van der Waals surface area contributed by atoms with Gasteiger partial charge in [-0.25, -0.2) is 0 Å². The Hall–Kier alpha value is -2.46. The number of benzene rings is 2. The molecule has 2 aromatic rings. The summed E-state index contributed by atoms with van der Waals surface area (Å²) >= 11 is 0. The van der Waals surface area contributed by atoms with E-state index in [9.17, 15) is 26.3 Å². The first-order valence-electron chi connectivity index (χ1n) is 10.7. The van der Waals surface area contributed by atoms with E-state index in [0.717, 1.165) is 50.0 Å². The van der Waals surface area contributed by atoms with Crippen LogP contribution in [0.15, 0.2) is 48.5 Å². The zero-order valence-electron chi connectivity index (χ0n) is 17.7. The molecule has 0 amide bonds. The molecule has 180 valence electrons. The van der Waals surface area contributed by atoms with E-state index in [-0.39, 0.29) is 23.6 Å².